The quantitative estimate of drug-likeness (QED) is 0.810. The molecule has 4 nitrogen and oxygen atoms in total. The minimum atomic E-state index is -0.521. The first kappa shape index (κ1) is 15.2. The highest BCUT2D eigenvalue weighted by Crippen LogP contribution is 2.22. The van der Waals surface area contributed by atoms with Gasteiger partial charge in [-0.3, -0.25) is 9.78 Å². The van der Waals surface area contributed by atoms with Crippen molar-refractivity contribution in [1.29, 1.82) is 0 Å². The fourth-order valence-corrected chi connectivity index (χ4v) is 1.98. The van der Waals surface area contributed by atoms with E-state index >= 15 is 0 Å². The highest BCUT2D eigenvalue weighted by molar-refractivity contribution is 5.94. The lowest BCUT2D eigenvalue weighted by Crippen LogP contribution is -2.24. The van der Waals surface area contributed by atoms with Crippen LogP contribution >= 0.6 is 0 Å². The number of amides is 1. The van der Waals surface area contributed by atoms with Gasteiger partial charge in [-0.1, -0.05) is 32.9 Å². The van der Waals surface area contributed by atoms with Crippen molar-refractivity contribution in [2.45, 2.75) is 32.7 Å². The Bertz CT molecular complexity index is 601. The van der Waals surface area contributed by atoms with E-state index in [0.717, 1.165) is 11.1 Å². The van der Waals surface area contributed by atoms with Crippen LogP contribution in [0.2, 0.25) is 0 Å². The Morgan fingerprint density at radius 2 is 1.67 bits per heavy atom. The Balaban J connectivity index is 2.09. The monoisotopic (exact) mass is 283 g/mol. The molecule has 0 aliphatic carbocycles. The predicted molar refractivity (Wildman–Crippen MR) is 82.6 cm³/mol. The molecule has 0 fully saturated rings. The van der Waals surface area contributed by atoms with E-state index in [9.17, 15) is 10.0 Å². The number of hydrogen-bond donors (Lipinski definition) is 0. The molecule has 0 N–H and O–H groups in total. The Morgan fingerprint density at radius 1 is 1.10 bits per heavy atom. The zero-order valence-electron chi connectivity index (χ0n) is 12.5. The number of hydroxylamine groups is 2. The summed E-state index contributed by atoms with van der Waals surface area (Å²) in [6.45, 7) is 6.34. The van der Waals surface area contributed by atoms with Gasteiger partial charge in [0.2, 0.25) is 5.91 Å². The van der Waals surface area contributed by atoms with E-state index in [2.05, 4.69) is 25.8 Å². The van der Waals surface area contributed by atoms with Gasteiger partial charge < -0.3 is 10.3 Å². The molecule has 0 spiro atoms. The van der Waals surface area contributed by atoms with Gasteiger partial charge in [-0.2, -0.15) is 0 Å². The van der Waals surface area contributed by atoms with Gasteiger partial charge in [0.15, 0.2) is 0 Å². The van der Waals surface area contributed by atoms with Crippen molar-refractivity contribution in [3.05, 3.63) is 70.7 Å². The molecule has 2 aromatic rings. The summed E-state index contributed by atoms with van der Waals surface area (Å²) in [7, 11) is 0. The predicted octanol–water partition coefficient (Wildman–Crippen LogP) is 3.52. The summed E-state index contributed by atoms with van der Waals surface area (Å²) in [5.41, 5.74) is 2.33. The molecule has 110 valence electrons. The van der Waals surface area contributed by atoms with Crippen LogP contribution in [0.25, 0.3) is 0 Å². The fourth-order valence-electron chi connectivity index (χ4n) is 1.98. The SMILES string of the molecule is CC(C)(C)c1ccc(C(=O)N([O-])Cc2ccncc2)cc1. The molecule has 0 aliphatic rings. The maximum atomic E-state index is 12.1. The van der Waals surface area contributed by atoms with E-state index in [0.29, 0.717) is 10.6 Å². The Hall–Kier alpha value is -2.20. The maximum Gasteiger partial charge on any atom is 0.243 e. The van der Waals surface area contributed by atoms with E-state index in [1.54, 1.807) is 36.7 Å². The van der Waals surface area contributed by atoms with Crippen LogP contribution in [0.1, 0.15) is 42.3 Å². The van der Waals surface area contributed by atoms with Crippen molar-refractivity contribution in [3.63, 3.8) is 0 Å². The fraction of sp³-hybridized carbons (Fsp3) is 0.294. The second kappa shape index (κ2) is 6.06. The number of nitrogens with zero attached hydrogens (tertiary/aromatic N) is 2. The number of carbonyl (C=O) groups is 1. The summed E-state index contributed by atoms with van der Waals surface area (Å²) < 4.78 is 0. The third-order valence-electron chi connectivity index (χ3n) is 3.30. The Kier molecular flexibility index (Phi) is 4.38. The lowest BCUT2D eigenvalue weighted by Gasteiger charge is -2.28. The highest BCUT2D eigenvalue weighted by atomic mass is 16.5. The molecular formula is C17H19N2O2-. The van der Waals surface area contributed by atoms with Gasteiger partial charge in [-0.15, -0.1) is 0 Å². The summed E-state index contributed by atoms with van der Waals surface area (Å²) in [5.74, 6) is -0.521. The second-order valence-electron chi connectivity index (χ2n) is 6.02. The summed E-state index contributed by atoms with van der Waals surface area (Å²) in [6, 6.07) is 10.7. The highest BCUT2D eigenvalue weighted by Gasteiger charge is 2.14. The summed E-state index contributed by atoms with van der Waals surface area (Å²) >= 11 is 0. The van der Waals surface area contributed by atoms with E-state index in [4.69, 9.17) is 0 Å². The smallest absolute Gasteiger partial charge is 0.243 e. The number of carbonyl (C=O) groups excluding carboxylic acids is 1. The maximum absolute atomic E-state index is 12.1. The number of hydrogen-bond acceptors (Lipinski definition) is 3. The Morgan fingerprint density at radius 3 is 2.19 bits per heavy atom. The van der Waals surface area contributed by atoms with Gasteiger partial charge in [-0.05, 0) is 40.8 Å². The lowest BCUT2D eigenvalue weighted by atomic mass is 9.86. The molecule has 0 atom stereocenters. The van der Waals surface area contributed by atoms with Crippen LogP contribution in [0.15, 0.2) is 48.8 Å². The molecule has 1 aromatic heterocycles. The molecule has 0 radical (unpaired) electrons. The van der Waals surface area contributed by atoms with Crippen LogP contribution in [0, 0.1) is 5.21 Å². The molecule has 0 bridgehead atoms. The standard InChI is InChI=1S/C17H19N2O2/c1-17(2,3)15-6-4-14(5-7-15)16(20)19(21)12-13-8-10-18-11-9-13/h4-11H,12H2,1-3H3/q-1. The van der Waals surface area contributed by atoms with Crippen LogP contribution < -0.4 is 0 Å². The van der Waals surface area contributed by atoms with Crippen molar-refractivity contribution in [3.8, 4) is 0 Å². The topological polar surface area (TPSA) is 56.3 Å². The lowest BCUT2D eigenvalue weighted by molar-refractivity contribution is 0.0814. The number of aromatic nitrogens is 1. The molecule has 0 unspecified atom stereocenters. The average Bonchev–Trinajstić information content (AvgIpc) is 2.46. The summed E-state index contributed by atoms with van der Waals surface area (Å²) in [4.78, 5) is 16.0. The van der Waals surface area contributed by atoms with Crippen molar-refractivity contribution in [2.75, 3.05) is 0 Å². The third-order valence-corrected chi connectivity index (χ3v) is 3.30. The number of benzene rings is 1. The normalized spacial score (nSPS) is 11.2. The van der Waals surface area contributed by atoms with Gasteiger partial charge in [0.25, 0.3) is 0 Å². The molecule has 21 heavy (non-hydrogen) atoms. The molecule has 1 heterocycles. The van der Waals surface area contributed by atoms with Gasteiger partial charge in [0.05, 0.1) is 0 Å². The van der Waals surface area contributed by atoms with E-state index in [-0.39, 0.29) is 12.0 Å². The number of rotatable bonds is 3. The molecule has 1 amide bonds. The minimum Gasteiger partial charge on any atom is -0.756 e. The van der Waals surface area contributed by atoms with Crippen molar-refractivity contribution >= 4 is 5.91 Å². The van der Waals surface area contributed by atoms with Crippen LogP contribution in [-0.2, 0) is 12.0 Å². The van der Waals surface area contributed by atoms with Gasteiger partial charge >= 0.3 is 0 Å². The molecule has 1 aromatic carbocycles. The largest absolute Gasteiger partial charge is 0.756 e. The second-order valence-corrected chi connectivity index (χ2v) is 6.02. The van der Waals surface area contributed by atoms with E-state index < -0.39 is 5.91 Å². The first-order chi connectivity index (χ1) is 9.88. The van der Waals surface area contributed by atoms with E-state index in [1.807, 2.05) is 12.1 Å². The molecule has 4 heteroatoms. The van der Waals surface area contributed by atoms with Crippen LogP contribution in [0.4, 0.5) is 0 Å². The molecule has 2 rings (SSSR count). The molecule has 0 saturated heterocycles. The molecule has 0 saturated carbocycles. The minimum absolute atomic E-state index is 0.0236. The van der Waals surface area contributed by atoms with Crippen LogP contribution in [0.3, 0.4) is 0 Å². The Labute approximate surface area is 125 Å². The first-order valence-electron chi connectivity index (χ1n) is 6.86. The van der Waals surface area contributed by atoms with Crippen molar-refractivity contribution in [1.82, 2.24) is 10.0 Å². The summed E-state index contributed by atoms with van der Waals surface area (Å²) in [5, 5.41) is 12.4. The zero-order chi connectivity index (χ0) is 15.5. The zero-order valence-corrected chi connectivity index (χ0v) is 12.5. The van der Waals surface area contributed by atoms with Gasteiger partial charge in [0, 0.05) is 24.5 Å². The van der Waals surface area contributed by atoms with Crippen LogP contribution in [0.5, 0.6) is 0 Å². The molecular weight excluding hydrogens is 264 g/mol. The van der Waals surface area contributed by atoms with E-state index in [1.165, 1.54) is 0 Å². The third kappa shape index (κ3) is 3.89. The van der Waals surface area contributed by atoms with Gasteiger partial charge in [-0.25, -0.2) is 0 Å². The van der Waals surface area contributed by atoms with Crippen LogP contribution in [-0.4, -0.2) is 16.0 Å². The number of pyridine rings is 1. The average molecular weight is 283 g/mol. The van der Waals surface area contributed by atoms with Gasteiger partial charge in [0.1, 0.15) is 0 Å². The molecule has 0 aliphatic heterocycles. The van der Waals surface area contributed by atoms with Crippen molar-refractivity contribution in [2.24, 2.45) is 0 Å². The summed E-state index contributed by atoms with van der Waals surface area (Å²) in [6.07, 6.45) is 3.21. The first-order valence-corrected chi connectivity index (χ1v) is 6.86. The van der Waals surface area contributed by atoms with Crippen molar-refractivity contribution < 1.29 is 4.79 Å².